The number of nitrogens with one attached hydrogen (secondary N) is 2. The van der Waals surface area contributed by atoms with Crippen molar-refractivity contribution < 1.29 is 13.2 Å². The lowest BCUT2D eigenvalue weighted by Gasteiger charge is -2.34. The maximum Gasteiger partial charge on any atom is 0.234 e. The van der Waals surface area contributed by atoms with E-state index in [1.54, 1.807) is 12.3 Å². The fourth-order valence-corrected chi connectivity index (χ4v) is 5.78. The van der Waals surface area contributed by atoms with Crippen LogP contribution in [0.25, 0.3) is 10.8 Å². The fraction of sp³-hybridized carbons (Fsp3) is 0.364. The first-order valence-corrected chi connectivity index (χ1v) is 13.0. The topological polar surface area (TPSA) is 94.6 Å². The summed E-state index contributed by atoms with van der Waals surface area (Å²) in [5.74, 6) is -0.0603. The zero-order chi connectivity index (χ0) is 22.6. The molecule has 1 fully saturated rings. The monoisotopic (exact) mass is 473 g/mol. The molecule has 32 heavy (non-hydrogen) atoms. The average molecular weight is 474 g/mol. The number of aromatic nitrogens is 1. The minimum absolute atomic E-state index is 0.0607. The molecule has 0 unspecified atom stereocenters. The van der Waals surface area contributed by atoms with Crippen molar-refractivity contribution in [3.63, 3.8) is 0 Å². The molecule has 1 saturated heterocycles. The molecule has 0 bridgehead atoms. The average Bonchev–Trinajstić information content (AvgIpc) is 3.19. The second kappa shape index (κ2) is 9.95. The molecular formula is C22H27N5O3S2. The Morgan fingerprint density at radius 3 is 2.56 bits per heavy atom. The Morgan fingerprint density at radius 2 is 1.78 bits per heavy atom. The molecule has 0 spiro atoms. The summed E-state index contributed by atoms with van der Waals surface area (Å²) in [7, 11) is -3.44. The first-order chi connectivity index (χ1) is 15.4. The summed E-state index contributed by atoms with van der Waals surface area (Å²) in [5, 5.41) is 5.23. The third-order valence-electron chi connectivity index (χ3n) is 5.41. The van der Waals surface area contributed by atoms with Crippen LogP contribution >= 0.6 is 11.3 Å². The van der Waals surface area contributed by atoms with Crippen molar-refractivity contribution >= 4 is 48.9 Å². The van der Waals surface area contributed by atoms with E-state index >= 15 is 0 Å². The molecular weight excluding hydrogens is 446 g/mol. The number of benzene rings is 2. The van der Waals surface area contributed by atoms with Gasteiger partial charge in [-0.25, -0.2) is 13.4 Å². The lowest BCUT2D eigenvalue weighted by atomic mass is 10.1. The fourth-order valence-electron chi connectivity index (χ4n) is 3.76. The summed E-state index contributed by atoms with van der Waals surface area (Å²) in [6.45, 7) is 6.13. The third-order valence-corrected chi connectivity index (χ3v) is 7.56. The largest absolute Gasteiger partial charge is 0.302 e. The molecule has 0 saturated carbocycles. The lowest BCUT2D eigenvalue weighted by molar-refractivity contribution is -0.114. The smallest absolute Gasteiger partial charge is 0.234 e. The highest BCUT2D eigenvalue weighted by molar-refractivity contribution is 7.92. The van der Waals surface area contributed by atoms with E-state index in [4.69, 9.17) is 0 Å². The Hall–Kier alpha value is -2.53. The van der Waals surface area contributed by atoms with Crippen LogP contribution in [0.3, 0.4) is 0 Å². The Kier molecular flexibility index (Phi) is 7.04. The van der Waals surface area contributed by atoms with Gasteiger partial charge in [-0.15, -0.1) is 11.3 Å². The van der Waals surface area contributed by atoms with Gasteiger partial charge in [0.2, 0.25) is 15.9 Å². The van der Waals surface area contributed by atoms with Crippen LogP contribution in [0.15, 0.2) is 48.7 Å². The predicted molar refractivity (Wildman–Crippen MR) is 129 cm³/mol. The second-order valence-electron chi connectivity index (χ2n) is 7.88. The number of thiazole rings is 1. The summed E-state index contributed by atoms with van der Waals surface area (Å²) in [4.78, 5) is 21.0. The van der Waals surface area contributed by atoms with Crippen molar-refractivity contribution in [1.29, 1.82) is 0 Å². The minimum Gasteiger partial charge on any atom is -0.302 e. The van der Waals surface area contributed by atoms with E-state index in [9.17, 15) is 13.2 Å². The van der Waals surface area contributed by atoms with Crippen LogP contribution < -0.4 is 10.0 Å². The number of carbonyl (C=O) groups excluding carboxylic acids is 1. The number of sulfonamides is 1. The van der Waals surface area contributed by atoms with Crippen molar-refractivity contribution in [1.82, 2.24) is 14.8 Å². The van der Waals surface area contributed by atoms with E-state index in [1.807, 2.05) is 36.4 Å². The van der Waals surface area contributed by atoms with Crippen LogP contribution in [-0.2, 0) is 21.4 Å². The highest BCUT2D eigenvalue weighted by atomic mass is 32.2. The quantitative estimate of drug-likeness (QED) is 0.523. The van der Waals surface area contributed by atoms with E-state index in [2.05, 4.69) is 24.8 Å². The molecule has 1 aromatic heterocycles. The van der Waals surface area contributed by atoms with E-state index in [-0.39, 0.29) is 11.7 Å². The maximum atomic E-state index is 12.7. The molecule has 1 aliphatic heterocycles. The standard InChI is InChI=1S/C22H27N5O3S2/c1-17(28)24-22-23-15-19(31-22)16-27-11-9-26(10-12-27)13-14-32(29,30)25-21-8-4-6-18-5-2-3-7-20(18)21/h2-8,15,25H,9-14,16H2,1H3,(H,23,24,28). The van der Waals surface area contributed by atoms with Crippen molar-refractivity contribution in [2.45, 2.75) is 13.5 Å². The van der Waals surface area contributed by atoms with Gasteiger partial charge in [-0.05, 0) is 11.5 Å². The second-order valence-corrected chi connectivity index (χ2v) is 10.8. The molecule has 2 N–H and O–H groups in total. The van der Waals surface area contributed by atoms with Gasteiger partial charge in [-0.1, -0.05) is 36.4 Å². The first-order valence-electron chi connectivity index (χ1n) is 10.5. The molecule has 2 aromatic carbocycles. The third kappa shape index (κ3) is 6.04. The molecule has 1 amide bonds. The van der Waals surface area contributed by atoms with Crippen molar-refractivity contribution in [2.75, 3.05) is 48.5 Å². The van der Waals surface area contributed by atoms with E-state index in [0.717, 1.165) is 48.4 Å². The van der Waals surface area contributed by atoms with Gasteiger partial charge in [0.25, 0.3) is 0 Å². The molecule has 3 aromatic rings. The van der Waals surface area contributed by atoms with Gasteiger partial charge in [0.05, 0.1) is 11.4 Å². The number of fused-ring (bicyclic) bond motifs is 1. The number of amides is 1. The molecule has 4 rings (SSSR count). The number of piperazine rings is 1. The number of anilines is 2. The highest BCUT2D eigenvalue weighted by Crippen LogP contribution is 2.24. The minimum atomic E-state index is -3.44. The van der Waals surface area contributed by atoms with Crippen LogP contribution in [-0.4, -0.2) is 67.6 Å². The Labute approximate surface area is 192 Å². The Morgan fingerprint density at radius 1 is 1.06 bits per heavy atom. The van der Waals surface area contributed by atoms with Crippen LogP contribution in [0.2, 0.25) is 0 Å². The molecule has 2 heterocycles. The summed E-state index contributed by atoms with van der Waals surface area (Å²) in [5.41, 5.74) is 0.621. The highest BCUT2D eigenvalue weighted by Gasteiger charge is 2.20. The van der Waals surface area contributed by atoms with Crippen LogP contribution in [0.4, 0.5) is 10.8 Å². The summed E-state index contributed by atoms with van der Waals surface area (Å²) in [6.07, 6.45) is 1.80. The Balaban J connectivity index is 1.25. The molecule has 10 heteroatoms. The van der Waals surface area contributed by atoms with Gasteiger partial charge in [-0.3, -0.25) is 19.3 Å². The van der Waals surface area contributed by atoms with Crippen molar-refractivity contribution in [3.8, 4) is 0 Å². The van der Waals surface area contributed by atoms with Gasteiger partial charge in [0, 0.05) is 62.7 Å². The Bertz CT molecular complexity index is 1180. The van der Waals surface area contributed by atoms with Crippen LogP contribution in [0, 0.1) is 0 Å². The molecule has 0 radical (unpaired) electrons. The molecule has 8 nitrogen and oxygen atoms in total. The van der Waals surface area contributed by atoms with Gasteiger partial charge in [-0.2, -0.15) is 0 Å². The van der Waals surface area contributed by atoms with Gasteiger partial charge < -0.3 is 5.32 Å². The summed E-state index contributed by atoms with van der Waals surface area (Å²) >= 11 is 1.48. The zero-order valence-electron chi connectivity index (χ0n) is 18.0. The molecule has 170 valence electrons. The number of carbonyl (C=O) groups is 1. The number of rotatable bonds is 8. The number of hydrogen-bond donors (Lipinski definition) is 2. The molecule has 0 aliphatic carbocycles. The summed E-state index contributed by atoms with van der Waals surface area (Å²) < 4.78 is 28.1. The molecule has 0 atom stereocenters. The normalized spacial score (nSPS) is 15.7. The maximum absolute atomic E-state index is 12.7. The zero-order valence-corrected chi connectivity index (χ0v) is 19.6. The van der Waals surface area contributed by atoms with Crippen LogP contribution in [0.5, 0.6) is 0 Å². The van der Waals surface area contributed by atoms with Crippen LogP contribution in [0.1, 0.15) is 11.8 Å². The van der Waals surface area contributed by atoms with Crippen molar-refractivity contribution in [2.24, 2.45) is 0 Å². The van der Waals surface area contributed by atoms with Gasteiger partial charge in [0.1, 0.15) is 0 Å². The van der Waals surface area contributed by atoms with E-state index in [1.165, 1.54) is 18.3 Å². The number of nitrogens with zero attached hydrogens (tertiary/aromatic N) is 3. The molecule has 1 aliphatic rings. The van der Waals surface area contributed by atoms with Gasteiger partial charge >= 0.3 is 0 Å². The predicted octanol–water partition coefficient (Wildman–Crippen LogP) is 2.81. The number of hydrogen-bond acceptors (Lipinski definition) is 7. The van der Waals surface area contributed by atoms with Gasteiger partial charge in [0.15, 0.2) is 5.13 Å². The van der Waals surface area contributed by atoms with E-state index < -0.39 is 10.0 Å². The van der Waals surface area contributed by atoms with Crippen molar-refractivity contribution in [3.05, 3.63) is 53.5 Å². The SMILES string of the molecule is CC(=O)Nc1ncc(CN2CCN(CCS(=O)(=O)Nc3cccc4ccccc34)CC2)s1. The first kappa shape index (κ1) is 22.7. The summed E-state index contributed by atoms with van der Waals surface area (Å²) in [6, 6.07) is 13.4. The lowest BCUT2D eigenvalue weighted by Crippen LogP contribution is -2.47. The van der Waals surface area contributed by atoms with E-state index in [0.29, 0.717) is 17.4 Å².